The first-order chi connectivity index (χ1) is 11.6. The minimum Gasteiger partial charge on any atom is -0.366 e. The molecule has 0 radical (unpaired) electrons. The highest BCUT2D eigenvalue weighted by atomic mass is 19.4. The number of carbonyl (C=O) groups is 1. The van der Waals surface area contributed by atoms with Gasteiger partial charge in [-0.15, -0.1) is 0 Å². The number of alkyl halides is 3. The summed E-state index contributed by atoms with van der Waals surface area (Å²) in [5, 5.41) is 0. The number of aryl methyl sites for hydroxylation is 3. The summed E-state index contributed by atoms with van der Waals surface area (Å²) >= 11 is 0. The Balaban J connectivity index is 2.39. The average Bonchev–Trinajstić information content (AvgIpc) is 2.44. The van der Waals surface area contributed by atoms with E-state index >= 15 is 0 Å². The lowest BCUT2D eigenvalue weighted by atomic mass is 9.93. The Morgan fingerprint density at radius 1 is 1.04 bits per heavy atom. The summed E-state index contributed by atoms with van der Waals surface area (Å²) in [7, 11) is 0. The van der Waals surface area contributed by atoms with Crippen LogP contribution in [0, 0.1) is 20.8 Å². The molecule has 132 valence electrons. The van der Waals surface area contributed by atoms with E-state index in [1.807, 2.05) is 6.07 Å². The summed E-state index contributed by atoms with van der Waals surface area (Å²) < 4.78 is 40.5. The maximum atomic E-state index is 13.5. The molecule has 25 heavy (non-hydrogen) atoms. The molecule has 0 aromatic heterocycles. The van der Waals surface area contributed by atoms with Crippen molar-refractivity contribution in [1.82, 2.24) is 0 Å². The maximum absolute atomic E-state index is 13.5. The molecular weight excluding hydrogens is 327 g/mol. The van der Waals surface area contributed by atoms with Gasteiger partial charge in [-0.1, -0.05) is 53.6 Å². The number of hydrogen-bond acceptors (Lipinski definition) is 1. The zero-order chi connectivity index (χ0) is 18.8. The molecule has 2 aromatic rings. The molecule has 0 fully saturated rings. The normalized spacial score (nSPS) is 13.2. The predicted molar refractivity (Wildman–Crippen MR) is 93.4 cm³/mol. The van der Waals surface area contributed by atoms with Crippen LogP contribution in [0.2, 0.25) is 0 Å². The van der Waals surface area contributed by atoms with E-state index in [9.17, 15) is 18.0 Å². The molecule has 2 N–H and O–H groups in total. The molecule has 0 spiro atoms. The Labute approximate surface area is 145 Å². The molecule has 1 amide bonds. The quantitative estimate of drug-likeness (QED) is 0.824. The number of amides is 1. The Hall–Kier alpha value is -2.56. The van der Waals surface area contributed by atoms with Crippen LogP contribution in [-0.2, 0) is 0 Å². The van der Waals surface area contributed by atoms with Gasteiger partial charge in [0.1, 0.15) is 0 Å². The monoisotopic (exact) mass is 347 g/mol. The van der Waals surface area contributed by atoms with Crippen LogP contribution in [0.25, 0.3) is 6.08 Å². The number of primary amides is 1. The first-order valence-electron chi connectivity index (χ1n) is 7.81. The fourth-order valence-corrected chi connectivity index (χ4v) is 2.87. The third-order valence-corrected chi connectivity index (χ3v) is 3.95. The van der Waals surface area contributed by atoms with Gasteiger partial charge in [0.25, 0.3) is 0 Å². The van der Waals surface area contributed by atoms with Crippen LogP contribution in [0.3, 0.4) is 0 Å². The van der Waals surface area contributed by atoms with Gasteiger partial charge in [-0.3, -0.25) is 4.79 Å². The van der Waals surface area contributed by atoms with Gasteiger partial charge < -0.3 is 5.73 Å². The van der Waals surface area contributed by atoms with Crippen LogP contribution in [0.1, 0.15) is 44.1 Å². The first-order valence-corrected chi connectivity index (χ1v) is 7.81. The minimum atomic E-state index is -4.39. The standard InChI is InChI=1S/C20H20F3NO/c1-12-8-13(2)10-16(9-12)18(20(21,22)23)7-5-15-4-6-17(19(24)25)14(3)11-15/h4-11,18H,1-3H3,(H2,24,25)/b7-5+. The third kappa shape index (κ3) is 4.72. The summed E-state index contributed by atoms with van der Waals surface area (Å²) in [5.41, 5.74) is 8.61. The number of nitrogens with two attached hydrogens (primary N) is 1. The molecule has 5 heteroatoms. The molecule has 1 unspecified atom stereocenters. The number of allylic oxidation sites excluding steroid dienone is 1. The fourth-order valence-electron chi connectivity index (χ4n) is 2.87. The van der Waals surface area contributed by atoms with E-state index in [1.54, 1.807) is 45.0 Å². The highest BCUT2D eigenvalue weighted by molar-refractivity contribution is 5.94. The number of halogens is 3. The highest BCUT2D eigenvalue weighted by Crippen LogP contribution is 2.37. The highest BCUT2D eigenvalue weighted by Gasteiger charge is 2.39. The van der Waals surface area contributed by atoms with Gasteiger partial charge in [-0.2, -0.15) is 13.2 Å². The summed E-state index contributed by atoms with van der Waals surface area (Å²) in [5.74, 6) is -2.25. The second kappa shape index (κ2) is 7.13. The zero-order valence-electron chi connectivity index (χ0n) is 14.3. The predicted octanol–water partition coefficient (Wildman–Crippen LogP) is 5.07. The molecule has 2 rings (SSSR count). The summed E-state index contributed by atoms with van der Waals surface area (Å²) in [6.45, 7) is 5.25. The van der Waals surface area contributed by atoms with Crippen LogP contribution in [0.4, 0.5) is 13.2 Å². The van der Waals surface area contributed by atoms with Gasteiger partial charge in [-0.25, -0.2) is 0 Å². The summed E-state index contributed by atoms with van der Waals surface area (Å²) in [4.78, 5) is 11.2. The van der Waals surface area contributed by atoms with Crippen LogP contribution in [0.15, 0.2) is 42.5 Å². The zero-order valence-corrected chi connectivity index (χ0v) is 14.3. The second-order valence-electron chi connectivity index (χ2n) is 6.24. The van der Waals surface area contributed by atoms with Gasteiger partial charge in [0.15, 0.2) is 0 Å². The number of hydrogen-bond donors (Lipinski definition) is 1. The van der Waals surface area contributed by atoms with Gasteiger partial charge >= 0.3 is 6.18 Å². The van der Waals surface area contributed by atoms with E-state index in [4.69, 9.17) is 5.73 Å². The largest absolute Gasteiger partial charge is 0.399 e. The number of carbonyl (C=O) groups excluding carboxylic acids is 1. The second-order valence-corrected chi connectivity index (χ2v) is 6.24. The van der Waals surface area contributed by atoms with Gasteiger partial charge in [0, 0.05) is 5.56 Å². The molecule has 0 saturated carbocycles. The summed E-state index contributed by atoms with van der Waals surface area (Å²) in [6.07, 6.45) is -1.82. The van der Waals surface area contributed by atoms with E-state index in [1.165, 1.54) is 12.1 Å². The average molecular weight is 347 g/mol. The Morgan fingerprint density at radius 2 is 1.64 bits per heavy atom. The lowest BCUT2D eigenvalue weighted by Gasteiger charge is -2.18. The van der Waals surface area contributed by atoms with Crippen molar-refractivity contribution in [1.29, 1.82) is 0 Å². The fraction of sp³-hybridized carbons (Fsp3) is 0.250. The molecule has 0 aliphatic rings. The molecule has 2 nitrogen and oxygen atoms in total. The molecule has 0 aliphatic carbocycles. The van der Waals surface area contributed by atoms with Crippen LogP contribution in [0.5, 0.6) is 0 Å². The van der Waals surface area contributed by atoms with E-state index in [-0.39, 0.29) is 5.56 Å². The van der Waals surface area contributed by atoms with Crippen molar-refractivity contribution in [2.24, 2.45) is 5.73 Å². The van der Waals surface area contributed by atoms with Crippen LogP contribution < -0.4 is 5.73 Å². The van der Waals surface area contributed by atoms with Gasteiger partial charge in [-0.05, 0) is 43.5 Å². The van der Waals surface area contributed by atoms with E-state index in [0.29, 0.717) is 16.7 Å². The van der Waals surface area contributed by atoms with Crippen LogP contribution in [-0.4, -0.2) is 12.1 Å². The maximum Gasteiger partial charge on any atom is 0.399 e. The number of rotatable bonds is 4. The van der Waals surface area contributed by atoms with Crippen molar-refractivity contribution in [3.8, 4) is 0 Å². The van der Waals surface area contributed by atoms with Crippen molar-refractivity contribution in [3.63, 3.8) is 0 Å². The summed E-state index contributed by atoms with van der Waals surface area (Å²) in [6, 6.07) is 9.70. The van der Waals surface area contributed by atoms with Gasteiger partial charge in [0.05, 0.1) is 5.92 Å². The molecular formula is C20H20F3NO. The SMILES string of the molecule is Cc1cc(C)cc(C(/C=C/c2ccc(C(N)=O)c(C)c2)C(F)(F)F)c1. The Bertz CT molecular complexity index is 802. The van der Waals surface area contributed by atoms with Gasteiger partial charge in [0.2, 0.25) is 5.91 Å². The van der Waals surface area contributed by atoms with Crippen molar-refractivity contribution < 1.29 is 18.0 Å². The molecule has 2 aromatic carbocycles. The van der Waals surface area contributed by atoms with E-state index < -0.39 is 18.0 Å². The Kier molecular flexibility index (Phi) is 5.36. The number of benzene rings is 2. The molecule has 0 heterocycles. The smallest absolute Gasteiger partial charge is 0.366 e. The van der Waals surface area contributed by atoms with Crippen LogP contribution >= 0.6 is 0 Å². The van der Waals surface area contributed by atoms with E-state index in [2.05, 4.69) is 0 Å². The molecule has 0 aliphatic heterocycles. The van der Waals surface area contributed by atoms with Crippen molar-refractivity contribution in [2.75, 3.05) is 0 Å². The third-order valence-electron chi connectivity index (χ3n) is 3.95. The Morgan fingerprint density at radius 3 is 2.12 bits per heavy atom. The van der Waals surface area contributed by atoms with Crippen molar-refractivity contribution in [3.05, 3.63) is 75.9 Å². The topological polar surface area (TPSA) is 43.1 Å². The van der Waals surface area contributed by atoms with Crippen molar-refractivity contribution >= 4 is 12.0 Å². The lowest BCUT2D eigenvalue weighted by Crippen LogP contribution is -2.19. The first kappa shape index (κ1) is 18.8. The van der Waals surface area contributed by atoms with Crippen molar-refractivity contribution in [2.45, 2.75) is 32.9 Å². The molecule has 0 saturated heterocycles. The lowest BCUT2D eigenvalue weighted by molar-refractivity contribution is -0.139. The molecule has 1 atom stereocenters. The van der Waals surface area contributed by atoms with E-state index in [0.717, 1.165) is 17.2 Å². The minimum absolute atomic E-state index is 0.215. The molecule has 0 bridgehead atoms.